The topological polar surface area (TPSA) is 18.5 Å². The van der Waals surface area contributed by atoms with Crippen LogP contribution in [0, 0.1) is 0 Å². The van der Waals surface area contributed by atoms with Gasteiger partial charge in [0.15, 0.2) is 0 Å². The van der Waals surface area contributed by atoms with Gasteiger partial charge in [-0.2, -0.15) is 0 Å². The van der Waals surface area contributed by atoms with E-state index in [0.717, 1.165) is 13.0 Å². The van der Waals surface area contributed by atoms with E-state index in [4.69, 9.17) is 9.47 Å². The highest BCUT2D eigenvalue weighted by molar-refractivity contribution is 14.1. The second kappa shape index (κ2) is 11.4. The normalized spacial score (nSPS) is 11.2. The summed E-state index contributed by atoms with van der Waals surface area (Å²) < 4.78 is 11.1. The van der Waals surface area contributed by atoms with Crippen molar-refractivity contribution in [2.75, 3.05) is 24.9 Å². The minimum atomic E-state index is 0.404. The van der Waals surface area contributed by atoms with E-state index in [-0.39, 0.29) is 0 Å². The predicted molar refractivity (Wildman–Crippen MR) is 59.7 cm³/mol. The molecule has 0 aromatic heterocycles. The van der Waals surface area contributed by atoms with Gasteiger partial charge in [0.05, 0.1) is 6.61 Å². The highest BCUT2D eigenvalue weighted by atomic mass is 127. The molecule has 0 aliphatic carbocycles. The number of hydrogen-bond donors (Lipinski definition) is 0. The van der Waals surface area contributed by atoms with Crippen molar-refractivity contribution in [1.29, 1.82) is 0 Å². The maximum Gasteiger partial charge on any atom is 0.146 e. The molecule has 0 aromatic rings. The van der Waals surface area contributed by atoms with Crippen molar-refractivity contribution >= 4 is 22.6 Å². The summed E-state index contributed by atoms with van der Waals surface area (Å²) >= 11 is 2.39. The first-order valence-electron chi connectivity index (χ1n) is 4.19. The lowest BCUT2D eigenvalue weighted by Gasteiger charge is -1.98. The van der Waals surface area contributed by atoms with Crippen LogP contribution < -0.4 is 0 Å². The van der Waals surface area contributed by atoms with Gasteiger partial charge in [-0.15, -0.1) is 0 Å². The summed E-state index contributed by atoms with van der Waals surface area (Å²) in [6, 6.07) is 0. The van der Waals surface area contributed by atoms with E-state index in [0.29, 0.717) is 6.79 Å². The molecule has 0 aliphatic rings. The number of methoxy groups -OCH3 is 1. The number of ether oxygens (including phenoxy) is 2. The van der Waals surface area contributed by atoms with Gasteiger partial charge in [0.25, 0.3) is 0 Å². The second-order valence-corrected chi connectivity index (χ2v) is 3.48. The molecule has 3 heteroatoms. The lowest BCUT2D eigenvalue weighted by molar-refractivity contribution is -0.0285. The van der Waals surface area contributed by atoms with Crippen molar-refractivity contribution in [3.05, 3.63) is 12.2 Å². The SMILES string of the molecule is COCOCCC=CCCCI. The van der Waals surface area contributed by atoms with E-state index >= 15 is 0 Å². The van der Waals surface area contributed by atoms with Crippen molar-refractivity contribution in [2.24, 2.45) is 0 Å². The molecular formula is C9H17IO2. The maximum atomic E-state index is 5.11. The molecule has 0 fully saturated rings. The van der Waals surface area contributed by atoms with E-state index in [9.17, 15) is 0 Å². The molecule has 0 radical (unpaired) electrons. The average molecular weight is 284 g/mol. The fraction of sp³-hybridized carbons (Fsp3) is 0.778. The van der Waals surface area contributed by atoms with E-state index in [1.807, 2.05) is 0 Å². The Balaban J connectivity index is 2.92. The third-order valence-corrected chi connectivity index (χ3v) is 2.06. The van der Waals surface area contributed by atoms with Gasteiger partial charge in [0.1, 0.15) is 6.79 Å². The van der Waals surface area contributed by atoms with Crippen LogP contribution in [-0.4, -0.2) is 24.9 Å². The van der Waals surface area contributed by atoms with Gasteiger partial charge in [-0.1, -0.05) is 34.7 Å². The number of alkyl halides is 1. The first-order valence-corrected chi connectivity index (χ1v) is 5.72. The summed E-state index contributed by atoms with van der Waals surface area (Å²) in [4.78, 5) is 0. The smallest absolute Gasteiger partial charge is 0.146 e. The summed E-state index contributed by atoms with van der Waals surface area (Å²) in [5.74, 6) is 0. The van der Waals surface area contributed by atoms with Crippen LogP contribution in [0.3, 0.4) is 0 Å². The minimum absolute atomic E-state index is 0.404. The quantitative estimate of drug-likeness (QED) is 0.224. The number of allylic oxidation sites excluding steroid dienone is 1. The van der Waals surface area contributed by atoms with Crippen LogP contribution in [0.2, 0.25) is 0 Å². The molecule has 0 amide bonds. The molecule has 12 heavy (non-hydrogen) atoms. The van der Waals surface area contributed by atoms with Crippen molar-refractivity contribution in [3.63, 3.8) is 0 Å². The minimum Gasteiger partial charge on any atom is -0.359 e. The van der Waals surface area contributed by atoms with Crippen LogP contribution in [0.4, 0.5) is 0 Å². The first-order chi connectivity index (χ1) is 5.91. The number of hydrogen-bond acceptors (Lipinski definition) is 2. The Morgan fingerprint density at radius 3 is 2.67 bits per heavy atom. The Morgan fingerprint density at radius 2 is 2.00 bits per heavy atom. The van der Waals surface area contributed by atoms with Crippen LogP contribution in [0.25, 0.3) is 0 Å². The zero-order valence-corrected chi connectivity index (χ0v) is 9.75. The molecule has 0 atom stereocenters. The summed E-state index contributed by atoms with van der Waals surface area (Å²) in [6.45, 7) is 1.16. The Kier molecular flexibility index (Phi) is 11.8. The molecule has 0 N–H and O–H groups in total. The summed E-state index contributed by atoms with van der Waals surface area (Å²) in [5.41, 5.74) is 0. The van der Waals surface area contributed by atoms with Crippen LogP contribution in [0.5, 0.6) is 0 Å². The van der Waals surface area contributed by atoms with Gasteiger partial charge in [0, 0.05) is 7.11 Å². The van der Waals surface area contributed by atoms with Crippen LogP contribution in [0.1, 0.15) is 19.3 Å². The average Bonchev–Trinajstić information content (AvgIpc) is 2.10. The zero-order chi connectivity index (χ0) is 9.07. The van der Waals surface area contributed by atoms with Gasteiger partial charge >= 0.3 is 0 Å². The van der Waals surface area contributed by atoms with Crippen molar-refractivity contribution in [3.8, 4) is 0 Å². The predicted octanol–water partition coefficient (Wildman–Crippen LogP) is 2.77. The lowest BCUT2D eigenvalue weighted by Crippen LogP contribution is -1.96. The Labute approximate surface area is 88.5 Å². The molecule has 0 aromatic carbocycles. The van der Waals surface area contributed by atoms with E-state index in [1.54, 1.807) is 7.11 Å². The molecule has 0 saturated carbocycles. The Morgan fingerprint density at radius 1 is 1.25 bits per heavy atom. The molecule has 0 aliphatic heterocycles. The summed E-state index contributed by atoms with van der Waals surface area (Å²) in [7, 11) is 1.64. The number of unbranched alkanes of at least 4 members (excludes halogenated alkanes) is 1. The number of rotatable bonds is 8. The van der Waals surface area contributed by atoms with Gasteiger partial charge < -0.3 is 9.47 Å². The highest BCUT2D eigenvalue weighted by Gasteiger charge is 1.82. The molecule has 0 bridgehead atoms. The van der Waals surface area contributed by atoms with Gasteiger partial charge in [-0.05, 0) is 23.7 Å². The maximum absolute atomic E-state index is 5.11. The third-order valence-electron chi connectivity index (χ3n) is 1.30. The monoisotopic (exact) mass is 284 g/mol. The Hall–Kier alpha value is 0.390. The van der Waals surface area contributed by atoms with Crippen molar-refractivity contribution in [2.45, 2.75) is 19.3 Å². The third kappa shape index (κ3) is 10.4. The van der Waals surface area contributed by atoms with Crippen LogP contribution in [-0.2, 0) is 9.47 Å². The van der Waals surface area contributed by atoms with Gasteiger partial charge in [-0.3, -0.25) is 0 Å². The van der Waals surface area contributed by atoms with Crippen molar-refractivity contribution in [1.82, 2.24) is 0 Å². The first kappa shape index (κ1) is 12.4. The van der Waals surface area contributed by atoms with Crippen LogP contribution in [0.15, 0.2) is 12.2 Å². The van der Waals surface area contributed by atoms with Crippen LogP contribution >= 0.6 is 22.6 Å². The lowest BCUT2D eigenvalue weighted by atomic mass is 10.3. The van der Waals surface area contributed by atoms with Crippen molar-refractivity contribution < 1.29 is 9.47 Å². The molecule has 0 saturated heterocycles. The fourth-order valence-corrected chi connectivity index (χ4v) is 1.16. The molecule has 0 rings (SSSR count). The largest absolute Gasteiger partial charge is 0.359 e. The number of halogens is 1. The van der Waals surface area contributed by atoms with Gasteiger partial charge in [0.2, 0.25) is 0 Å². The summed E-state index contributed by atoms with van der Waals surface area (Å²) in [5, 5.41) is 0. The van der Waals surface area contributed by atoms with E-state index in [2.05, 4.69) is 34.7 Å². The standard InChI is InChI=1S/C9H17IO2/c1-11-9-12-8-6-4-2-3-5-7-10/h2,4H,3,5-9H2,1H3. The van der Waals surface area contributed by atoms with E-state index < -0.39 is 0 Å². The fourth-order valence-electron chi connectivity index (χ4n) is 0.724. The molecule has 2 nitrogen and oxygen atoms in total. The molecular weight excluding hydrogens is 267 g/mol. The van der Waals surface area contributed by atoms with Gasteiger partial charge in [-0.25, -0.2) is 0 Å². The molecule has 0 unspecified atom stereocenters. The second-order valence-electron chi connectivity index (χ2n) is 2.41. The molecule has 0 heterocycles. The Bertz CT molecular complexity index is 105. The molecule has 72 valence electrons. The summed E-state index contributed by atoms with van der Waals surface area (Å²) in [6.07, 6.45) is 7.84. The molecule has 0 spiro atoms. The highest BCUT2D eigenvalue weighted by Crippen LogP contribution is 1.96. The zero-order valence-electron chi connectivity index (χ0n) is 7.59. The van der Waals surface area contributed by atoms with E-state index in [1.165, 1.54) is 17.3 Å².